The van der Waals surface area contributed by atoms with Crippen LogP contribution in [0.3, 0.4) is 0 Å². The van der Waals surface area contributed by atoms with Crippen molar-refractivity contribution in [2.45, 2.75) is 24.2 Å². The molecule has 3 heterocycles. The average Bonchev–Trinajstić information content (AvgIpc) is 2.88. The monoisotopic (exact) mass is 387 g/mol. The molecule has 0 aliphatic carbocycles. The number of nitrogens with zero attached hydrogens (tertiary/aromatic N) is 4. The lowest BCUT2D eigenvalue weighted by Gasteiger charge is -2.34. The van der Waals surface area contributed by atoms with Gasteiger partial charge in [-0.25, -0.2) is 18.4 Å². The Bertz CT molecular complexity index is 941. The molecule has 0 bridgehead atoms. The van der Waals surface area contributed by atoms with Crippen LogP contribution in [0.15, 0.2) is 41.6 Å². The van der Waals surface area contributed by atoms with Crippen LogP contribution < -0.4 is 10.2 Å². The number of aromatic nitrogens is 2. The Hall–Kier alpha value is -2.52. The molecule has 2 aliphatic heterocycles. The number of anilines is 2. The van der Waals surface area contributed by atoms with Crippen LogP contribution in [-0.2, 0) is 21.2 Å². The molecule has 1 aromatic carbocycles. The molecular weight excluding hydrogens is 366 g/mol. The molecule has 1 aromatic heterocycles. The molecule has 0 spiro atoms. The molecule has 142 valence electrons. The first-order chi connectivity index (χ1) is 13.0. The number of piperazine rings is 1. The van der Waals surface area contributed by atoms with Crippen LogP contribution >= 0.6 is 0 Å². The number of rotatable bonds is 3. The van der Waals surface area contributed by atoms with E-state index < -0.39 is 10.0 Å². The molecule has 0 saturated carbocycles. The van der Waals surface area contributed by atoms with Crippen molar-refractivity contribution in [1.29, 1.82) is 0 Å². The highest BCUT2D eigenvalue weighted by molar-refractivity contribution is 7.89. The molecule has 4 rings (SSSR count). The summed E-state index contributed by atoms with van der Waals surface area (Å²) < 4.78 is 27.6. The van der Waals surface area contributed by atoms with Crippen molar-refractivity contribution in [3.8, 4) is 0 Å². The lowest BCUT2D eigenvalue weighted by Crippen LogP contribution is -2.49. The number of nitrogens with one attached hydrogen (secondary N) is 1. The first-order valence-corrected chi connectivity index (χ1v) is 10.4. The first-order valence-electron chi connectivity index (χ1n) is 8.99. The fraction of sp³-hybridized carbons (Fsp3) is 0.389. The summed E-state index contributed by atoms with van der Waals surface area (Å²) >= 11 is 0. The van der Waals surface area contributed by atoms with Crippen molar-refractivity contribution < 1.29 is 13.2 Å². The van der Waals surface area contributed by atoms with Crippen molar-refractivity contribution in [2.24, 2.45) is 0 Å². The van der Waals surface area contributed by atoms with Crippen molar-refractivity contribution in [3.63, 3.8) is 0 Å². The van der Waals surface area contributed by atoms with Gasteiger partial charge in [0.1, 0.15) is 0 Å². The number of fused-ring (bicyclic) bond motifs is 1. The van der Waals surface area contributed by atoms with Gasteiger partial charge in [-0.05, 0) is 42.7 Å². The van der Waals surface area contributed by atoms with Crippen molar-refractivity contribution >= 4 is 27.6 Å². The molecule has 1 N–H and O–H groups in total. The Kier molecular flexibility index (Phi) is 4.79. The van der Waals surface area contributed by atoms with E-state index in [1.165, 1.54) is 4.31 Å². The van der Waals surface area contributed by atoms with Crippen LogP contribution in [0.1, 0.15) is 18.4 Å². The van der Waals surface area contributed by atoms with Gasteiger partial charge in [-0.15, -0.1) is 0 Å². The highest BCUT2D eigenvalue weighted by atomic mass is 32.2. The molecule has 2 aromatic rings. The molecule has 0 unspecified atom stereocenters. The number of sulfonamides is 1. The number of carbonyl (C=O) groups excluding carboxylic acids is 1. The number of carbonyl (C=O) groups is 1. The predicted octanol–water partition coefficient (Wildman–Crippen LogP) is 1.26. The summed E-state index contributed by atoms with van der Waals surface area (Å²) in [7, 11) is -3.57. The van der Waals surface area contributed by atoms with Gasteiger partial charge in [0, 0.05) is 50.7 Å². The first kappa shape index (κ1) is 17.9. The summed E-state index contributed by atoms with van der Waals surface area (Å²) in [6, 6.07) is 6.72. The van der Waals surface area contributed by atoms with Crippen LogP contribution in [0.2, 0.25) is 0 Å². The molecule has 2 aliphatic rings. The Morgan fingerprint density at radius 3 is 2.48 bits per heavy atom. The zero-order valence-corrected chi connectivity index (χ0v) is 15.7. The summed E-state index contributed by atoms with van der Waals surface area (Å²) in [5.41, 5.74) is 1.58. The fourth-order valence-corrected chi connectivity index (χ4v) is 4.92. The third-order valence-corrected chi connectivity index (χ3v) is 6.81. The van der Waals surface area contributed by atoms with Crippen LogP contribution in [0.4, 0.5) is 11.6 Å². The number of amides is 1. The van der Waals surface area contributed by atoms with E-state index in [1.54, 1.807) is 36.7 Å². The van der Waals surface area contributed by atoms with Gasteiger partial charge in [-0.3, -0.25) is 4.79 Å². The quantitative estimate of drug-likeness (QED) is 0.852. The van der Waals surface area contributed by atoms with E-state index in [2.05, 4.69) is 15.3 Å². The zero-order chi connectivity index (χ0) is 18.9. The highest BCUT2D eigenvalue weighted by Gasteiger charge is 2.30. The second-order valence-electron chi connectivity index (χ2n) is 6.66. The molecular formula is C18H21N5O3S. The lowest BCUT2D eigenvalue weighted by molar-refractivity contribution is -0.116. The van der Waals surface area contributed by atoms with Crippen LogP contribution in [0.25, 0.3) is 0 Å². The SMILES string of the molecule is O=C1CCCc2cc(S(=O)(=O)N3CCN(c4ncccn4)CC3)ccc2N1. The minimum absolute atomic E-state index is 0.0244. The predicted molar refractivity (Wildman–Crippen MR) is 101 cm³/mol. The zero-order valence-electron chi connectivity index (χ0n) is 14.8. The second kappa shape index (κ2) is 7.24. The van der Waals surface area contributed by atoms with Gasteiger partial charge in [0.05, 0.1) is 4.90 Å². The summed E-state index contributed by atoms with van der Waals surface area (Å²) in [6.07, 6.45) is 5.23. The molecule has 1 amide bonds. The molecule has 0 radical (unpaired) electrons. The fourth-order valence-electron chi connectivity index (χ4n) is 3.44. The van der Waals surface area contributed by atoms with Crippen molar-refractivity contribution in [1.82, 2.24) is 14.3 Å². The third kappa shape index (κ3) is 3.65. The van der Waals surface area contributed by atoms with E-state index in [0.29, 0.717) is 50.7 Å². The van der Waals surface area contributed by atoms with E-state index in [-0.39, 0.29) is 10.8 Å². The topological polar surface area (TPSA) is 95.5 Å². The van der Waals surface area contributed by atoms with Crippen LogP contribution in [-0.4, -0.2) is 54.8 Å². The van der Waals surface area contributed by atoms with Gasteiger partial charge in [-0.2, -0.15) is 4.31 Å². The molecule has 1 fully saturated rings. The summed E-state index contributed by atoms with van der Waals surface area (Å²) in [4.78, 5) is 22.4. The van der Waals surface area contributed by atoms with Crippen LogP contribution in [0, 0.1) is 0 Å². The number of hydrogen-bond donors (Lipinski definition) is 1. The molecule has 8 nitrogen and oxygen atoms in total. The molecule has 1 saturated heterocycles. The molecule has 9 heteroatoms. The van der Waals surface area contributed by atoms with Crippen molar-refractivity contribution in [2.75, 3.05) is 36.4 Å². The van der Waals surface area contributed by atoms with Gasteiger partial charge in [0.2, 0.25) is 21.9 Å². The van der Waals surface area contributed by atoms with Gasteiger partial charge in [-0.1, -0.05) is 0 Å². The van der Waals surface area contributed by atoms with Gasteiger partial charge < -0.3 is 10.2 Å². The Morgan fingerprint density at radius 2 is 1.74 bits per heavy atom. The highest BCUT2D eigenvalue weighted by Crippen LogP contribution is 2.27. The Balaban J connectivity index is 1.51. The smallest absolute Gasteiger partial charge is 0.243 e. The standard InChI is InChI=1S/C18H21N5O3S/c24-17-4-1-3-14-13-15(5-6-16(14)21-17)27(25,26)23-11-9-22(10-12-23)18-19-7-2-8-20-18/h2,5-8,13H,1,3-4,9-12H2,(H,21,24). The summed E-state index contributed by atoms with van der Waals surface area (Å²) in [5.74, 6) is 0.596. The molecule has 0 atom stereocenters. The number of hydrogen-bond acceptors (Lipinski definition) is 6. The van der Waals surface area contributed by atoms with E-state index in [0.717, 1.165) is 12.0 Å². The number of benzene rings is 1. The minimum atomic E-state index is -3.57. The average molecular weight is 387 g/mol. The maximum absolute atomic E-state index is 13.1. The second-order valence-corrected chi connectivity index (χ2v) is 8.60. The van der Waals surface area contributed by atoms with E-state index in [9.17, 15) is 13.2 Å². The van der Waals surface area contributed by atoms with E-state index in [4.69, 9.17) is 0 Å². The van der Waals surface area contributed by atoms with E-state index >= 15 is 0 Å². The number of aryl methyl sites for hydroxylation is 1. The minimum Gasteiger partial charge on any atom is -0.338 e. The summed E-state index contributed by atoms with van der Waals surface area (Å²) in [5, 5.41) is 2.84. The summed E-state index contributed by atoms with van der Waals surface area (Å²) in [6.45, 7) is 1.86. The van der Waals surface area contributed by atoms with E-state index in [1.807, 2.05) is 4.90 Å². The lowest BCUT2D eigenvalue weighted by atomic mass is 10.1. The van der Waals surface area contributed by atoms with Crippen molar-refractivity contribution in [3.05, 3.63) is 42.2 Å². The van der Waals surface area contributed by atoms with Crippen LogP contribution in [0.5, 0.6) is 0 Å². The van der Waals surface area contributed by atoms with Gasteiger partial charge in [0.25, 0.3) is 0 Å². The molecule has 27 heavy (non-hydrogen) atoms. The van der Waals surface area contributed by atoms with Gasteiger partial charge >= 0.3 is 0 Å². The largest absolute Gasteiger partial charge is 0.338 e. The third-order valence-electron chi connectivity index (χ3n) is 4.91. The normalized spacial score (nSPS) is 18.5. The van der Waals surface area contributed by atoms with Gasteiger partial charge in [0.15, 0.2) is 0 Å². The Labute approximate surface area is 158 Å². The maximum atomic E-state index is 13.1. The Morgan fingerprint density at radius 1 is 1.00 bits per heavy atom. The maximum Gasteiger partial charge on any atom is 0.243 e.